The van der Waals surface area contributed by atoms with Crippen molar-refractivity contribution < 1.29 is 27.0 Å². The summed E-state index contributed by atoms with van der Waals surface area (Å²) in [4.78, 5) is 17.1. The number of nitrogens with zero attached hydrogens (tertiary/aromatic N) is 3. The Labute approximate surface area is 171 Å². The number of halogens is 4. The van der Waals surface area contributed by atoms with Crippen LogP contribution in [-0.4, -0.2) is 31.8 Å². The van der Waals surface area contributed by atoms with Gasteiger partial charge in [0.15, 0.2) is 23.1 Å². The third-order valence-electron chi connectivity index (χ3n) is 4.68. The topological polar surface area (TPSA) is 97.8 Å². The zero-order valence-electron chi connectivity index (χ0n) is 16.2. The van der Waals surface area contributed by atoms with E-state index in [9.17, 15) is 22.4 Å². The van der Waals surface area contributed by atoms with Crippen LogP contribution >= 0.6 is 0 Å². The van der Waals surface area contributed by atoms with Gasteiger partial charge in [-0.25, -0.2) is 9.18 Å². The number of imidazole rings is 1. The average molecular weight is 437 g/mol. The Kier molecular flexibility index (Phi) is 4.91. The molecule has 2 aromatic heterocycles. The Hall–Kier alpha value is -3.83. The Bertz CT molecular complexity index is 1310. The number of ether oxygens (including phenoxy) is 2. The van der Waals surface area contributed by atoms with Crippen LogP contribution in [-0.2, 0) is 19.8 Å². The Morgan fingerprint density at radius 3 is 2.61 bits per heavy atom. The van der Waals surface area contributed by atoms with E-state index in [-0.39, 0.29) is 40.3 Å². The lowest BCUT2D eigenvalue weighted by molar-refractivity contribution is -0.137. The van der Waals surface area contributed by atoms with Gasteiger partial charge in [0.25, 0.3) is 0 Å². The fourth-order valence-electron chi connectivity index (χ4n) is 3.23. The molecular formula is C19H15F4N5O3. The third kappa shape index (κ3) is 3.71. The number of benzene rings is 2. The molecule has 2 aromatic carbocycles. The molecule has 4 aromatic rings. The zero-order valence-corrected chi connectivity index (χ0v) is 16.2. The van der Waals surface area contributed by atoms with E-state index in [0.29, 0.717) is 5.82 Å². The molecule has 0 radical (unpaired) electrons. The van der Waals surface area contributed by atoms with Crippen molar-refractivity contribution in [2.24, 2.45) is 7.05 Å². The summed E-state index contributed by atoms with van der Waals surface area (Å²) >= 11 is 0. The number of hydrogen-bond donors (Lipinski definition) is 2. The number of methoxy groups -OCH3 is 1. The largest absolute Gasteiger partial charge is 0.493 e. The zero-order chi connectivity index (χ0) is 22.3. The molecule has 31 heavy (non-hydrogen) atoms. The van der Waals surface area contributed by atoms with Crippen molar-refractivity contribution in [3.8, 4) is 22.6 Å². The molecular weight excluding hydrogens is 422 g/mol. The van der Waals surface area contributed by atoms with Gasteiger partial charge in [0.1, 0.15) is 12.9 Å². The van der Waals surface area contributed by atoms with Crippen LogP contribution in [0, 0.1) is 5.82 Å². The number of aromatic amines is 2. The molecule has 0 atom stereocenters. The second-order valence-corrected chi connectivity index (χ2v) is 6.62. The summed E-state index contributed by atoms with van der Waals surface area (Å²) in [6.07, 6.45) is -3.34. The average Bonchev–Trinajstić information content (AvgIpc) is 3.33. The summed E-state index contributed by atoms with van der Waals surface area (Å²) in [7, 11) is 2.67. The minimum atomic E-state index is -4.67. The number of aromatic nitrogens is 5. The number of H-pyrrole nitrogens is 2. The maximum absolute atomic E-state index is 14.9. The van der Waals surface area contributed by atoms with Crippen molar-refractivity contribution in [2.75, 3.05) is 7.11 Å². The van der Waals surface area contributed by atoms with Crippen molar-refractivity contribution in [3.63, 3.8) is 0 Å². The van der Waals surface area contributed by atoms with Crippen molar-refractivity contribution >= 4 is 11.0 Å². The van der Waals surface area contributed by atoms with Gasteiger partial charge in [-0.15, -0.1) is 10.2 Å². The smallest absolute Gasteiger partial charge is 0.416 e. The molecule has 0 bridgehead atoms. The van der Waals surface area contributed by atoms with Gasteiger partial charge in [-0.05, 0) is 29.8 Å². The van der Waals surface area contributed by atoms with Gasteiger partial charge >= 0.3 is 11.9 Å². The highest BCUT2D eigenvalue weighted by atomic mass is 19.4. The molecule has 0 aliphatic rings. The lowest BCUT2D eigenvalue weighted by Gasteiger charge is -2.15. The molecule has 0 amide bonds. The van der Waals surface area contributed by atoms with Gasteiger partial charge in [0.05, 0.1) is 23.7 Å². The van der Waals surface area contributed by atoms with Gasteiger partial charge in [-0.2, -0.15) is 13.2 Å². The Morgan fingerprint density at radius 2 is 1.97 bits per heavy atom. The number of alkyl halides is 3. The molecule has 4 rings (SSSR count). The van der Waals surface area contributed by atoms with E-state index in [1.165, 1.54) is 26.6 Å². The maximum atomic E-state index is 14.9. The fourth-order valence-corrected chi connectivity index (χ4v) is 3.23. The highest BCUT2D eigenvalue weighted by Gasteiger charge is 2.32. The molecule has 8 nitrogen and oxygen atoms in total. The van der Waals surface area contributed by atoms with E-state index >= 15 is 0 Å². The maximum Gasteiger partial charge on any atom is 0.416 e. The number of fused-ring (bicyclic) bond motifs is 1. The van der Waals surface area contributed by atoms with E-state index < -0.39 is 23.2 Å². The van der Waals surface area contributed by atoms with Gasteiger partial charge in [0, 0.05) is 12.6 Å². The number of nitrogens with one attached hydrogen (secondary N) is 2. The lowest BCUT2D eigenvalue weighted by Crippen LogP contribution is -2.12. The summed E-state index contributed by atoms with van der Waals surface area (Å²) < 4.78 is 66.9. The molecule has 162 valence electrons. The van der Waals surface area contributed by atoms with Crippen LogP contribution in [0.4, 0.5) is 17.6 Å². The Morgan fingerprint density at radius 1 is 1.19 bits per heavy atom. The predicted molar refractivity (Wildman–Crippen MR) is 101 cm³/mol. The SMILES string of the molecule is COc1cc(-c2cc(C(F)(F)F)cc3[nH]c(=O)n(C)c23)cc(F)c1OCc1nnc[nH]1. The van der Waals surface area contributed by atoms with Gasteiger partial charge in [-0.1, -0.05) is 0 Å². The van der Waals surface area contributed by atoms with Crippen LogP contribution in [0.15, 0.2) is 35.4 Å². The van der Waals surface area contributed by atoms with E-state index in [4.69, 9.17) is 9.47 Å². The first kappa shape index (κ1) is 20.4. The lowest BCUT2D eigenvalue weighted by atomic mass is 10.00. The quantitative estimate of drug-likeness (QED) is 0.467. The minimum Gasteiger partial charge on any atom is -0.493 e. The molecule has 0 saturated heterocycles. The highest BCUT2D eigenvalue weighted by Crippen LogP contribution is 2.40. The third-order valence-corrected chi connectivity index (χ3v) is 4.68. The van der Waals surface area contributed by atoms with Crippen LogP contribution in [0.3, 0.4) is 0 Å². The Balaban J connectivity index is 1.87. The van der Waals surface area contributed by atoms with Crippen LogP contribution in [0.1, 0.15) is 11.4 Å². The predicted octanol–water partition coefficient (Wildman–Crippen LogP) is 3.40. The van der Waals surface area contributed by atoms with Crippen molar-refractivity contribution in [3.05, 3.63) is 58.3 Å². The van der Waals surface area contributed by atoms with Crippen LogP contribution in [0.5, 0.6) is 11.5 Å². The van der Waals surface area contributed by atoms with Gasteiger partial charge < -0.3 is 19.4 Å². The monoisotopic (exact) mass is 437 g/mol. The molecule has 0 fully saturated rings. The molecule has 2 heterocycles. The van der Waals surface area contributed by atoms with E-state index in [0.717, 1.165) is 22.8 Å². The minimum absolute atomic E-state index is 0.00431. The first-order valence-corrected chi connectivity index (χ1v) is 8.84. The summed E-state index contributed by atoms with van der Waals surface area (Å²) in [5.74, 6) is -0.804. The molecule has 0 aliphatic carbocycles. The van der Waals surface area contributed by atoms with Crippen LogP contribution < -0.4 is 15.2 Å². The summed E-state index contributed by atoms with van der Waals surface area (Å²) in [5, 5.41) is 7.31. The summed E-state index contributed by atoms with van der Waals surface area (Å²) in [5.41, 5.74) is -1.34. The second kappa shape index (κ2) is 7.45. The summed E-state index contributed by atoms with van der Waals surface area (Å²) in [6, 6.07) is 4.05. The van der Waals surface area contributed by atoms with Crippen LogP contribution in [0.2, 0.25) is 0 Å². The normalized spacial score (nSPS) is 11.8. The number of aryl methyl sites for hydroxylation is 1. The van der Waals surface area contributed by atoms with E-state index in [1.54, 1.807) is 0 Å². The summed E-state index contributed by atoms with van der Waals surface area (Å²) in [6.45, 7) is -0.132. The van der Waals surface area contributed by atoms with Crippen molar-refractivity contribution in [1.82, 2.24) is 24.7 Å². The van der Waals surface area contributed by atoms with Crippen LogP contribution in [0.25, 0.3) is 22.2 Å². The van der Waals surface area contributed by atoms with Gasteiger partial charge in [0.2, 0.25) is 0 Å². The second-order valence-electron chi connectivity index (χ2n) is 6.62. The van der Waals surface area contributed by atoms with E-state index in [1.807, 2.05) is 0 Å². The standard InChI is InChI=1S/C19H15F4N5O3/c1-28-16-11(5-10(19(21,22)23)6-13(16)26-18(28)29)9-3-12(20)17(14(4-9)30-2)31-7-15-24-8-25-27-15/h3-6,8H,7H2,1-2H3,(H,26,29)(H,24,25,27). The fraction of sp³-hybridized carbons (Fsp3) is 0.211. The first-order chi connectivity index (χ1) is 14.7. The molecule has 0 saturated carbocycles. The molecule has 0 unspecified atom stereocenters. The van der Waals surface area contributed by atoms with E-state index in [2.05, 4.69) is 20.2 Å². The molecule has 2 N–H and O–H groups in total. The van der Waals surface area contributed by atoms with Gasteiger partial charge in [-0.3, -0.25) is 4.57 Å². The van der Waals surface area contributed by atoms with Crippen molar-refractivity contribution in [1.29, 1.82) is 0 Å². The first-order valence-electron chi connectivity index (χ1n) is 8.84. The number of rotatable bonds is 5. The van der Waals surface area contributed by atoms with Crippen molar-refractivity contribution in [2.45, 2.75) is 12.8 Å². The molecule has 0 aliphatic heterocycles. The molecule has 12 heteroatoms. The number of hydrogen-bond acceptors (Lipinski definition) is 5. The highest BCUT2D eigenvalue weighted by molar-refractivity contribution is 5.93. The molecule has 0 spiro atoms.